The topological polar surface area (TPSA) is 99.3 Å². The van der Waals surface area contributed by atoms with Gasteiger partial charge in [0, 0.05) is 5.39 Å². The number of aliphatic carboxylic acids is 1. The summed E-state index contributed by atoms with van der Waals surface area (Å²) in [6.07, 6.45) is 2.86. The number of rotatable bonds is 3. The molecule has 1 aromatic heterocycles. The van der Waals surface area contributed by atoms with Gasteiger partial charge in [-0.25, -0.2) is 0 Å². The van der Waals surface area contributed by atoms with E-state index in [1.54, 1.807) is 37.3 Å². The van der Waals surface area contributed by atoms with E-state index in [1.807, 2.05) is 0 Å². The van der Waals surface area contributed by atoms with Crippen LogP contribution >= 0.6 is 0 Å². The molecule has 1 saturated carbocycles. The van der Waals surface area contributed by atoms with Gasteiger partial charge < -0.3 is 15.4 Å². The third-order valence-electron chi connectivity index (χ3n) is 4.90. The molecule has 0 unspecified atom stereocenters. The predicted molar refractivity (Wildman–Crippen MR) is 90.0 cm³/mol. The lowest BCUT2D eigenvalue weighted by Gasteiger charge is -2.39. The van der Waals surface area contributed by atoms with Crippen molar-refractivity contribution in [2.45, 2.75) is 38.1 Å². The fourth-order valence-electron chi connectivity index (χ4n) is 3.54. The van der Waals surface area contributed by atoms with Crippen molar-refractivity contribution in [3.63, 3.8) is 0 Å². The Morgan fingerprint density at radius 3 is 2.79 bits per heavy atom. The smallest absolute Gasteiger partial charge is 0.308 e. The van der Waals surface area contributed by atoms with Crippen LogP contribution in [-0.4, -0.2) is 27.5 Å². The molecular formula is C18H20N2O4. The highest BCUT2D eigenvalue weighted by Gasteiger charge is 2.42. The number of benzene rings is 1. The summed E-state index contributed by atoms with van der Waals surface area (Å²) in [7, 11) is 0. The van der Waals surface area contributed by atoms with Gasteiger partial charge in [-0.2, -0.15) is 0 Å². The molecule has 126 valence electrons. The van der Waals surface area contributed by atoms with Gasteiger partial charge in [0.25, 0.3) is 11.5 Å². The highest BCUT2D eigenvalue weighted by Crippen LogP contribution is 2.34. The Balaban J connectivity index is 1.92. The molecule has 1 aliphatic carbocycles. The number of amides is 1. The fourth-order valence-corrected chi connectivity index (χ4v) is 3.54. The van der Waals surface area contributed by atoms with Crippen molar-refractivity contribution in [1.29, 1.82) is 0 Å². The van der Waals surface area contributed by atoms with Crippen molar-refractivity contribution in [1.82, 2.24) is 10.3 Å². The van der Waals surface area contributed by atoms with E-state index in [0.717, 1.165) is 12.8 Å². The van der Waals surface area contributed by atoms with E-state index < -0.39 is 23.3 Å². The molecule has 6 heteroatoms. The second-order valence-corrected chi connectivity index (χ2v) is 6.61. The lowest BCUT2D eigenvalue weighted by Crippen LogP contribution is -2.55. The molecule has 1 aliphatic rings. The van der Waals surface area contributed by atoms with Crippen LogP contribution in [-0.2, 0) is 4.79 Å². The molecule has 2 atom stereocenters. The summed E-state index contributed by atoms with van der Waals surface area (Å²) >= 11 is 0. The predicted octanol–water partition coefficient (Wildman–Crippen LogP) is 2.29. The minimum absolute atomic E-state index is 0.148. The Kier molecular flexibility index (Phi) is 4.13. The molecule has 1 heterocycles. The second kappa shape index (κ2) is 6.11. The lowest BCUT2D eigenvalue weighted by atomic mass is 9.74. The maximum atomic E-state index is 12.6. The van der Waals surface area contributed by atoms with Crippen molar-refractivity contribution in [3.05, 3.63) is 46.4 Å². The molecule has 0 radical (unpaired) electrons. The monoisotopic (exact) mass is 328 g/mol. The Bertz CT molecular complexity index is 857. The first-order valence-electron chi connectivity index (χ1n) is 8.08. The number of hydrogen-bond donors (Lipinski definition) is 3. The number of carboxylic acids is 1. The van der Waals surface area contributed by atoms with Gasteiger partial charge in [-0.05, 0) is 37.3 Å². The molecule has 6 nitrogen and oxygen atoms in total. The number of aromatic amines is 1. The highest BCUT2D eigenvalue weighted by molar-refractivity contribution is 5.97. The molecule has 2 aromatic rings. The molecule has 3 rings (SSSR count). The van der Waals surface area contributed by atoms with Crippen LogP contribution < -0.4 is 10.9 Å². The zero-order chi connectivity index (χ0) is 17.3. The number of carboxylic acid groups (broad SMARTS) is 1. The van der Waals surface area contributed by atoms with E-state index in [1.165, 1.54) is 0 Å². The van der Waals surface area contributed by atoms with E-state index >= 15 is 0 Å². The van der Waals surface area contributed by atoms with Gasteiger partial charge in [0.05, 0.1) is 11.5 Å². The zero-order valence-corrected chi connectivity index (χ0v) is 13.5. The van der Waals surface area contributed by atoms with Crippen LogP contribution in [0.2, 0.25) is 0 Å². The number of hydrogen-bond acceptors (Lipinski definition) is 3. The van der Waals surface area contributed by atoms with Crippen LogP contribution in [0.1, 0.15) is 43.1 Å². The number of nitrogens with one attached hydrogen (secondary N) is 2. The SMILES string of the molecule is C[C@]1(NC(=O)c2cc3ccccc3c(=O)[nH]2)CCCC[C@@H]1C(=O)O. The van der Waals surface area contributed by atoms with Crippen molar-refractivity contribution in [3.8, 4) is 0 Å². The summed E-state index contributed by atoms with van der Waals surface area (Å²) in [5.41, 5.74) is -1.000. The minimum atomic E-state index is -0.899. The molecule has 1 fully saturated rings. The largest absolute Gasteiger partial charge is 0.481 e. The van der Waals surface area contributed by atoms with Crippen molar-refractivity contribution in [2.75, 3.05) is 0 Å². The van der Waals surface area contributed by atoms with E-state index in [0.29, 0.717) is 23.6 Å². The van der Waals surface area contributed by atoms with Crippen molar-refractivity contribution in [2.24, 2.45) is 5.92 Å². The van der Waals surface area contributed by atoms with E-state index in [9.17, 15) is 19.5 Å². The van der Waals surface area contributed by atoms with Crippen LogP contribution in [0.3, 0.4) is 0 Å². The average Bonchev–Trinajstić information content (AvgIpc) is 2.54. The summed E-state index contributed by atoms with van der Waals surface area (Å²) in [6, 6.07) is 8.64. The number of carbonyl (C=O) groups is 2. The van der Waals surface area contributed by atoms with Gasteiger partial charge in [0.15, 0.2) is 0 Å². The molecule has 0 spiro atoms. The Hall–Kier alpha value is -2.63. The quantitative estimate of drug-likeness (QED) is 0.805. The Morgan fingerprint density at radius 2 is 2.04 bits per heavy atom. The Morgan fingerprint density at radius 1 is 1.29 bits per heavy atom. The first-order chi connectivity index (χ1) is 11.4. The van der Waals surface area contributed by atoms with Gasteiger partial charge in [-0.1, -0.05) is 31.0 Å². The normalized spacial score (nSPS) is 23.8. The van der Waals surface area contributed by atoms with E-state index in [-0.39, 0.29) is 11.3 Å². The summed E-state index contributed by atoms with van der Waals surface area (Å²) in [4.78, 5) is 38.8. The minimum Gasteiger partial charge on any atom is -0.481 e. The maximum Gasteiger partial charge on any atom is 0.308 e. The van der Waals surface area contributed by atoms with Crippen LogP contribution in [0.4, 0.5) is 0 Å². The number of fused-ring (bicyclic) bond motifs is 1. The van der Waals surface area contributed by atoms with E-state index in [2.05, 4.69) is 10.3 Å². The third-order valence-corrected chi connectivity index (χ3v) is 4.90. The van der Waals surface area contributed by atoms with Crippen LogP contribution in [0.5, 0.6) is 0 Å². The fraction of sp³-hybridized carbons (Fsp3) is 0.389. The van der Waals surface area contributed by atoms with Crippen LogP contribution in [0.25, 0.3) is 10.8 Å². The molecule has 0 bridgehead atoms. The molecule has 0 saturated heterocycles. The Labute approximate surface area is 138 Å². The molecule has 1 amide bonds. The van der Waals surface area contributed by atoms with Crippen LogP contribution in [0.15, 0.2) is 35.1 Å². The second-order valence-electron chi connectivity index (χ2n) is 6.61. The first-order valence-corrected chi connectivity index (χ1v) is 8.08. The third kappa shape index (κ3) is 2.91. The standard InChI is InChI=1S/C18H20N2O4/c1-18(9-5-4-8-13(18)17(23)24)20-16(22)14-10-11-6-2-3-7-12(11)15(21)19-14/h2-3,6-7,10,13H,4-5,8-9H2,1H3,(H,19,21)(H,20,22)(H,23,24)/t13-,18+/m1/s1. The highest BCUT2D eigenvalue weighted by atomic mass is 16.4. The van der Waals surface area contributed by atoms with Crippen molar-refractivity contribution >= 4 is 22.6 Å². The van der Waals surface area contributed by atoms with Gasteiger partial charge in [-0.15, -0.1) is 0 Å². The number of aromatic nitrogens is 1. The number of carbonyl (C=O) groups excluding carboxylic acids is 1. The van der Waals surface area contributed by atoms with Gasteiger partial charge in [0.2, 0.25) is 0 Å². The molecule has 1 aromatic carbocycles. The summed E-state index contributed by atoms with van der Waals surface area (Å²) in [5.74, 6) is -1.97. The molecule has 24 heavy (non-hydrogen) atoms. The first kappa shape index (κ1) is 16.2. The van der Waals surface area contributed by atoms with Crippen LogP contribution in [0, 0.1) is 5.92 Å². The summed E-state index contributed by atoms with van der Waals surface area (Å²) in [6.45, 7) is 1.77. The molecular weight excluding hydrogens is 308 g/mol. The maximum absolute atomic E-state index is 12.6. The molecule has 3 N–H and O–H groups in total. The van der Waals surface area contributed by atoms with Crippen molar-refractivity contribution < 1.29 is 14.7 Å². The summed E-state index contributed by atoms with van der Waals surface area (Å²) < 4.78 is 0. The van der Waals surface area contributed by atoms with Gasteiger partial charge >= 0.3 is 5.97 Å². The zero-order valence-electron chi connectivity index (χ0n) is 13.5. The van der Waals surface area contributed by atoms with Gasteiger partial charge in [0.1, 0.15) is 5.69 Å². The number of H-pyrrole nitrogens is 1. The average molecular weight is 328 g/mol. The van der Waals surface area contributed by atoms with E-state index in [4.69, 9.17) is 0 Å². The van der Waals surface area contributed by atoms with Gasteiger partial charge in [-0.3, -0.25) is 14.4 Å². The summed E-state index contributed by atoms with van der Waals surface area (Å²) in [5, 5.41) is 13.5. The lowest BCUT2D eigenvalue weighted by molar-refractivity contribution is -0.145. The number of pyridine rings is 1. The molecule has 0 aliphatic heterocycles.